The minimum atomic E-state index is -0.687. The number of aliphatic hydroxyl groups is 1. The molecule has 1 aliphatic rings. The molecule has 0 heterocycles. The number of hydrogen-bond acceptors (Lipinski definition) is 1. The van der Waals surface area contributed by atoms with Crippen molar-refractivity contribution in [3.63, 3.8) is 0 Å². The summed E-state index contributed by atoms with van der Waals surface area (Å²) in [7, 11) is 0. The van der Waals surface area contributed by atoms with E-state index in [0.29, 0.717) is 0 Å². The highest BCUT2D eigenvalue weighted by Crippen LogP contribution is 2.20. The maximum absolute atomic E-state index is 9.50. The van der Waals surface area contributed by atoms with Crippen LogP contribution in [0.25, 0.3) is 0 Å². The Hall–Kier alpha value is -0.560. The van der Waals surface area contributed by atoms with E-state index in [1.807, 2.05) is 24.6 Å². The second-order valence-corrected chi connectivity index (χ2v) is 3.05. The molecule has 1 N–H and O–H groups in total. The summed E-state index contributed by atoms with van der Waals surface area (Å²) in [6.45, 7) is 3.59. The highest BCUT2D eigenvalue weighted by molar-refractivity contribution is 5.33. The zero-order valence-corrected chi connectivity index (χ0v) is 6.46. The van der Waals surface area contributed by atoms with E-state index < -0.39 is 5.60 Å². The molecule has 55 valence electrons. The first-order valence-electron chi connectivity index (χ1n) is 3.53. The lowest BCUT2D eigenvalue weighted by molar-refractivity contribution is 0.123. The van der Waals surface area contributed by atoms with Crippen molar-refractivity contribution in [3.05, 3.63) is 30.2 Å². The van der Waals surface area contributed by atoms with Crippen LogP contribution in [-0.4, -0.2) is 10.7 Å². The van der Waals surface area contributed by atoms with Gasteiger partial charge in [-0.3, -0.25) is 0 Å². The van der Waals surface area contributed by atoms with E-state index in [0.717, 1.165) is 12.0 Å². The minimum absolute atomic E-state index is 0.687. The van der Waals surface area contributed by atoms with Gasteiger partial charge in [0.2, 0.25) is 0 Å². The Labute approximate surface area is 62.1 Å². The Kier molecular flexibility index (Phi) is 1.95. The van der Waals surface area contributed by atoms with Crippen LogP contribution < -0.4 is 0 Å². The molecule has 0 fully saturated rings. The summed E-state index contributed by atoms with van der Waals surface area (Å²) in [5.41, 5.74) is 0.298. The lowest BCUT2D eigenvalue weighted by atomic mass is 9.93. The zero-order valence-electron chi connectivity index (χ0n) is 6.46. The van der Waals surface area contributed by atoms with Gasteiger partial charge in [-0.05, 0) is 32.3 Å². The van der Waals surface area contributed by atoms with E-state index in [-0.39, 0.29) is 0 Å². The smallest absolute Gasteiger partial charge is 0.0837 e. The van der Waals surface area contributed by atoms with Crippen molar-refractivity contribution in [2.75, 3.05) is 0 Å². The molecule has 1 rings (SSSR count). The highest BCUT2D eigenvalue weighted by atomic mass is 16.3. The van der Waals surface area contributed by atoms with Gasteiger partial charge >= 0.3 is 0 Å². The Morgan fingerprint density at radius 3 is 2.50 bits per heavy atom. The van der Waals surface area contributed by atoms with Gasteiger partial charge in [0, 0.05) is 0 Å². The quantitative estimate of drug-likeness (QED) is 0.584. The molecule has 0 saturated heterocycles. The lowest BCUT2D eigenvalue weighted by Crippen LogP contribution is -2.21. The number of hydrogen-bond donors (Lipinski definition) is 1. The van der Waals surface area contributed by atoms with Crippen LogP contribution in [0.2, 0.25) is 0 Å². The van der Waals surface area contributed by atoms with Gasteiger partial charge < -0.3 is 5.11 Å². The Balaban J connectivity index is 2.73. The summed E-state index contributed by atoms with van der Waals surface area (Å²) in [6, 6.07) is 0. The highest BCUT2D eigenvalue weighted by Gasteiger charge is 2.17. The molecule has 0 atom stereocenters. The number of allylic oxidation sites excluding steroid dienone is 2. The van der Waals surface area contributed by atoms with Gasteiger partial charge in [0.15, 0.2) is 0 Å². The predicted octanol–water partition coefficient (Wildman–Crippen LogP) is 1.85. The standard InChI is InChI=1S/C9H13O/c1-9(2,10)8-6-4-3-5-7-8/h4-7,10H,3H2,1-2H3. The largest absolute Gasteiger partial charge is 0.386 e. The zero-order chi connectivity index (χ0) is 7.61. The minimum Gasteiger partial charge on any atom is -0.386 e. The summed E-state index contributed by atoms with van der Waals surface area (Å²) in [5, 5.41) is 9.50. The van der Waals surface area contributed by atoms with Crippen molar-refractivity contribution in [2.45, 2.75) is 25.9 Å². The van der Waals surface area contributed by atoms with E-state index in [1.165, 1.54) is 0 Å². The van der Waals surface area contributed by atoms with Gasteiger partial charge in [-0.1, -0.05) is 18.2 Å². The molecule has 0 bridgehead atoms. The molecule has 0 amide bonds. The molecular formula is C9H13O. The first-order chi connectivity index (χ1) is 4.61. The molecule has 1 radical (unpaired) electrons. The van der Waals surface area contributed by atoms with Crippen LogP contribution in [0.4, 0.5) is 0 Å². The maximum atomic E-state index is 9.50. The normalized spacial score (nSPS) is 18.9. The average Bonchev–Trinajstić information content (AvgIpc) is 1.88. The van der Waals surface area contributed by atoms with Crippen LogP contribution in [0, 0.1) is 6.42 Å². The average molecular weight is 137 g/mol. The fraction of sp³-hybridized carbons (Fsp3) is 0.444. The third-order valence-corrected chi connectivity index (χ3v) is 1.57. The van der Waals surface area contributed by atoms with Crippen LogP contribution in [0.5, 0.6) is 0 Å². The maximum Gasteiger partial charge on any atom is 0.0837 e. The van der Waals surface area contributed by atoms with Crippen molar-refractivity contribution in [2.24, 2.45) is 0 Å². The van der Waals surface area contributed by atoms with Gasteiger partial charge in [-0.2, -0.15) is 0 Å². The fourth-order valence-corrected chi connectivity index (χ4v) is 0.932. The monoisotopic (exact) mass is 137 g/mol. The van der Waals surface area contributed by atoms with Gasteiger partial charge in [-0.15, -0.1) is 0 Å². The van der Waals surface area contributed by atoms with Gasteiger partial charge in [0.25, 0.3) is 0 Å². The first-order valence-corrected chi connectivity index (χ1v) is 3.53. The van der Waals surface area contributed by atoms with Crippen LogP contribution >= 0.6 is 0 Å². The topological polar surface area (TPSA) is 20.2 Å². The molecule has 0 aromatic rings. The second kappa shape index (κ2) is 2.59. The van der Waals surface area contributed by atoms with Gasteiger partial charge in [0.1, 0.15) is 0 Å². The SMILES string of the molecule is CC(C)(O)C1=C[CH]CC=C1. The molecule has 1 heteroatoms. The summed E-state index contributed by atoms with van der Waals surface area (Å²) in [4.78, 5) is 0. The Morgan fingerprint density at radius 2 is 2.20 bits per heavy atom. The second-order valence-electron chi connectivity index (χ2n) is 3.05. The van der Waals surface area contributed by atoms with Crippen LogP contribution in [0.1, 0.15) is 20.3 Å². The van der Waals surface area contributed by atoms with E-state index >= 15 is 0 Å². The number of rotatable bonds is 1. The van der Waals surface area contributed by atoms with Crippen LogP contribution in [-0.2, 0) is 0 Å². The van der Waals surface area contributed by atoms with Crippen molar-refractivity contribution in [3.8, 4) is 0 Å². The van der Waals surface area contributed by atoms with Crippen molar-refractivity contribution in [1.82, 2.24) is 0 Å². The Bertz CT molecular complexity index is 170. The van der Waals surface area contributed by atoms with Gasteiger partial charge in [-0.25, -0.2) is 0 Å². The molecule has 0 saturated carbocycles. The van der Waals surface area contributed by atoms with E-state index in [2.05, 4.69) is 0 Å². The molecule has 0 unspecified atom stereocenters. The third-order valence-electron chi connectivity index (χ3n) is 1.57. The molecule has 1 nitrogen and oxygen atoms in total. The summed E-state index contributed by atoms with van der Waals surface area (Å²) in [6.07, 6.45) is 9.03. The first kappa shape index (κ1) is 7.55. The molecule has 0 spiro atoms. The molecule has 0 aromatic carbocycles. The molecule has 0 aliphatic heterocycles. The van der Waals surface area contributed by atoms with E-state index in [9.17, 15) is 5.11 Å². The molecule has 1 aliphatic carbocycles. The van der Waals surface area contributed by atoms with E-state index in [1.54, 1.807) is 13.8 Å². The lowest BCUT2D eigenvalue weighted by Gasteiger charge is -2.20. The summed E-state index contributed by atoms with van der Waals surface area (Å²) in [5.74, 6) is 0. The molecule has 0 aromatic heterocycles. The van der Waals surface area contributed by atoms with Crippen molar-refractivity contribution < 1.29 is 5.11 Å². The predicted molar refractivity (Wildman–Crippen MR) is 42.4 cm³/mol. The van der Waals surface area contributed by atoms with E-state index in [4.69, 9.17) is 0 Å². The Morgan fingerprint density at radius 1 is 1.50 bits per heavy atom. The van der Waals surface area contributed by atoms with Gasteiger partial charge in [0.05, 0.1) is 5.60 Å². The van der Waals surface area contributed by atoms with Crippen molar-refractivity contribution in [1.29, 1.82) is 0 Å². The molecular weight excluding hydrogens is 124 g/mol. The fourth-order valence-electron chi connectivity index (χ4n) is 0.932. The summed E-state index contributed by atoms with van der Waals surface area (Å²) < 4.78 is 0. The van der Waals surface area contributed by atoms with Crippen LogP contribution in [0.15, 0.2) is 23.8 Å². The summed E-state index contributed by atoms with van der Waals surface area (Å²) >= 11 is 0. The van der Waals surface area contributed by atoms with Crippen molar-refractivity contribution >= 4 is 0 Å². The third kappa shape index (κ3) is 1.71. The molecule has 10 heavy (non-hydrogen) atoms. The van der Waals surface area contributed by atoms with Crippen LogP contribution in [0.3, 0.4) is 0 Å².